The first-order valence-corrected chi connectivity index (χ1v) is 48.2. The summed E-state index contributed by atoms with van der Waals surface area (Å²) in [5.74, 6) is 0. The Morgan fingerprint density at radius 3 is 1.01 bits per heavy atom. The molecule has 36 rings (SSSR count). The number of hydrogen-bond donors (Lipinski definition) is 0. The van der Waals surface area contributed by atoms with E-state index in [1.54, 1.807) is 0 Å². The van der Waals surface area contributed by atoms with Crippen molar-refractivity contribution in [3.05, 3.63) is 430 Å². The number of fused-ring (bicyclic) bond motifs is 60. The number of hydrogen-bond acceptors (Lipinski definition) is 12. The fourth-order valence-electron chi connectivity index (χ4n) is 26.0. The summed E-state index contributed by atoms with van der Waals surface area (Å²) in [5, 5.41) is 14.2. The van der Waals surface area contributed by atoms with Gasteiger partial charge in [0.05, 0.1) is 44.1 Å². The molecule has 648 valence electrons. The second kappa shape index (κ2) is 27.7. The van der Waals surface area contributed by atoms with Gasteiger partial charge in [-0.25, -0.2) is 39.9 Å². The van der Waals surface area contributed by atoms with E-state index in [4.69, 9.17) is 19.9 Å². The topological polar surface area (TPSA) is 172 Å². The van der Waals surface area contributed by atoms with Gasteiger partial charge in [-0.05, 0) is 368 Å². The predicted octanol–water partition coefficient (Wildman–Crippen LogP) is 26.9. The van der Waals surface area contributed by atoms with E-state index >= 15 is 0 Å². The summed E-state index contributed by atoms with van der Waals surface area (Å²) >= 11 is 0. The lowest BCUT2D eigenvalue weighted by Crippen LogP contribution is -1.95. The Balaban J connectivity index is 0.0000000829. The first-order valence-electron chi connectivity index (χ1n) is 48.2. The molecule has 16 nitrogen and oxygen atoms in total. The number of imidazole rings is 4. The fourth-order valence-corrected chi connectivity index (χ4v) is 26.0. The quantitative estimate of drug-likeness (QED) is 0.132. The maximum Gasteiger partial charge on any atom is 0.178 e. The molecule has 28 aromatic rings. The van der Waals surface area contributed by atoms with Crippen LogP contribution >= 0.6 is 0 Å². The minimum absolute atomic E-state index is 0.772. The van der Waals surface area contributed by atoms with Gasteiger partial charge in [0.15, 0.2) is 22.6 Å². The molecule has 0 spiro atoms. The molecule has 12 aromatic carbocycles. The first kappa shape index (κ1) is 75.1. The zero-order chi connectivity index (χ0) is 90.7. The van der Waals surface area contributed by atoms with Crippen LogP contribution in [0.25, 0.3) is 243 Å². The number of rotatable bonds is 0. The van der Waals surface area contributed by atoms with Crippen molar-refractivity contribution in [2.45, 2.75) is 51.4 Å². The highest BCUT2D eigenvalue weighted by Gasteiger charge is 2.36. The normalized spacial score (nSPS) is 13.5. The molecule has 0 N–H and O–H groups in total. The van der Waals surface area contributed by atoms with E-state index < -0.39 is 0 Å². The SMILES string of the molecule is c1ccc2c(c1)Cc1cc3c(cc1-2)-c1ccc2c(c1C3)c1cnccc1n1c3cccnc3nc21.c1ccc2c(c1)Cc1cc3c(cc1-2)Cc1cc2c4cnccc4n4c5cccnc5nc4c2cc1-3.c1ccc2c(c1)Cc1ccc3c(c1-2)-c1ccc2c(c1C3)c1cnccc1n1c3cccnc3nc21.c1ccc2c(c1)Cc1ccc3c(c1-2)Cc1cc2c4cnccc4n4c5cccnc5nc4c2cc1-3. The van der Waals surface area contributed by atoms with Gasteiger partial charge in [-0.3, -0.25) is 37.5 Å². The highest BCUT2D eigenvalue weighted by atomic mass is 15.1. The lowest BCUT2D eigenvalue weighted by Gasteiger charge is -2.13. The van der Waals surface area contributed by atoms with Crippen molar-refractivity contribution in [3.8, 4) is 89.0 Å². The Bertz CT molecular complexity index is 10700. The van der Waals surface area contributed by atoms with E-state index in [9.17, 15) is 0 Å². The summed E-state index contributed by atoms with van der Waals surface area (Å²) in [7, 11) is 0. The second-order valence-corrected chi connectivity index (χ2v) is 38.8. The molecule has 8 aliphatic carbocycles. The van der Waals surface area contributed by atoms with E-state index in [1.165, 1.54) is 210 Å². The summed E-state index contributed by atoms with van der Waals surface area (Å²) in [6, 6.07) is 97.7. The maximum absolute atomic E-state index is 4.99. The molecule has 0 bridgehead atoms. The molecular weight excluding hydrogens is 1710 g/mol. The van der Waals surface area contributed by atoms with Crippen molar-refractivity contribution in [2.24, 2.45) is 0 Å². The van der Waals surface area contributed by atoms with E-state index in [0.29, 0.717) is 0 Å². The number of benzene rings is 12. The average molecular weight is 1790 g/mol. The van der Waals surface area contributed by atoms with Crippen molar-refractivity contribution in [1.82, 2.24) is 77.4 Å². The Morgan fingerprint density at radius 1 is 0.171 bits per heavy atom. The van der Waals surface area contributed by atoms with Gasteiger partial charge in [0.1, 0.15) is 22.6 Å². The van der Waals surface area contributed by atoms with E-state index in [0.717, 1.165) is 173 Å². The molecule has 140 heavy (non-hydrogen) atoms. The highest BCUT2D eigenvalue weighted by molar-refractivity contribution is 6.21. The Hall–Kier alpha value is -18.3. The van der Waals surface area contributed by atoms with Crippen LogP contribution in [0.4, 0.5) is 0 Å². The molecule has 0 saturated heterocycles. The van der Waals surface area contributed by atoms with Crippen molar-refractivity contribution >= 4 is 154 Å². The monoisotopic (exact) mass is 1780 g/mol. The number of nitrogens with zero attached hydrogens (tertiary/aromatic N) is 16. The lowest BCUT2D eigenvalue weighted by molar-refractivity contribution is 1.22. The fraction of sp³-hybridized carbons (Fsp3) is 0.0645. The lowest BCUT2D eigenvalue weighted by atomic mass is 9.92. The molecule has 8 aliphatic rings. The van der Waals surface area contributed by atoms with Gasteiger partial charge in [-0.15, -0.1) is 0 Å². The zero-order valence-electron chi connectivity index (χ0n) is 75.1. The molecule has 16 heterocycles. The van der Waals surface area contributed by atoms with Gasteiger partial charge >= 0.3 is 0 Å². The third-order valence-electron chi connectivity index (χ3n) is 31.8. The largest absolute Gasteiger partial charge is 0.290 e. The van der Waals surface area contributed by atoms with E-state index in [2.05, 4.69) is 300 Å². The standard InChI is InChI=1S/4C31H18N4/c1-2-5-20-17(4-1)14-18-7-8-19-15-23-21(28(19)27(18)20)9-10-22-29(23)24-16-32-13-11-25(24)35-26-6-3-12-33-30(26)34-31(22)35;1-2-5-20-17(4-1)12-18-13-19-14-25-21(24(19)15-23(18)20)7-8-22-29(25)26-16-32-11-9-27(26)35-28-6-3-10-33-30(28)34-31(22)35;1-2-5-20-17(4-1)12-18-7-8-21-22-15-25-23(13-19(22)14-24(21)29(18)20)26-16-32-11-9-27(26)35-28-6-3-10-33-30(28)34-31(25)35;1-2-5-21-17(4-1)10-18-13-23-19(12-22(18)21)11-20-14-25-26(15-24(20)23)31-34-30-29(6-3-8-33-30)35(31)28-7-9-32-16-27(25)28/h1-13,16H,14-15H2;2*1-11,13,15-16H,12,14H2;1-9,12-16H,10-11H2. The van der Waals surface area contributed by atoms with E-state index in [-0.39, 0.29) is 0 Å². The van der Waals surface area contributed by atoms with Crippen LogP contribution < -0.4 is 0 Å². The maximum atomic E-state index is 4.99. The van der Waals surface area contributed by atoms with E-state index in [1.807, 2.05) is 98.6 Å². The first-order chi connectivity index (χ1) is 69.4. The van der Waals surface area contributed by atoms with Crippen molar-refractivity contribution in [2.75, 3.05) is 0 Å². The minimum atomic E-state index is 0.772. The van der Waals surface area contributed by atoms with Crippen LogP contribution in [0.1, 0.15) is 89.0 Å². The molecule has 0 atom stereocenters. The van der Waals surface area contributed by atoms with Crippen LogP contribution in [-0.4, -0.2) is 77.4 Å². The van der Waals surface area contributed by atoms with Crippen LogP contribution in [0.5, 0.6) is 0 Å². The summed E-state index contributed by atoms with van der Waals surface area (Å²) in [5.41, 5.74) is 60.3. The molecule has 0 amide bonds. The van der Waals surface area contributed by atoms with Crippen LogP contribution in [-0.2, 0) is 51.4 Å². The minimum Gasteiger partial charge on any atom is -0.290 e. The summed E-state index contributed by atoms with van der Waals surface area (Å²) < 4.78 is 8.96. The van der Waals surface area contributed by atoms with Gasteiger partial charge in [0.25, 0.3) is 0 Å². The van der Waals surface area contributed by atoms with Gasteiger partial charge < -0.3 is 0 Å². The Morgan fingerprint density at radius 2 is 0.493 bits per heavy atom. The van der Waals surface area contributed by atoms with Crippen molar-refractivity contribution in [1.29, 1.82) is 0 Å². The molecule has 16 aromatic heterocycles. The van der Waals surface area contributed by atoms with Gasteiger partial charge in [-0.1, -0.05) is 140 Å². The Labute approximate surface area is 796 Å². The van der Waals surface area contributed by atoms with Gasteiger partial charge in [-0.2, -0.15) is 0 Å². The van der Waals surface area contributed by atoms with Crippen LogP contribution in [0.2, 0.25) is 0 Å². The average Bonchev–Trinajstić information content (AvgIpc) is 1.52. The third kappa shape index (κ3) is 10.3. The van der Waals surface area contributed by atoms with Gasteiger partial charge in [0, 0.05) is 128 Å². The zero-order valence-corrected chi connectivity index (χ0v) is 75.1. The molecule has 0 unspecified atom stereocenters. The van der Waals surface area contributed by atoms with Crippen molar-refractivity contribution in [3.63, 3.8) is 0 Å². The van der Waals surface area contributed by atoms with Crippen LogP contribution in [0, 0.1) is 0 Å². The Kier molecular flexibility index (Phi) is 14.9. The smallest absolute Gasteiger partial charge is 0.178 e. The van der Waals surface area contributed by atoms with Gasteiger partial charge in [0.2, 0.25) is 0 Å². The second-order valence-electron chi connectivity index (χ2n) is 38.8. The summed E-state index contributed by atoms with van der Waals surface area (Å²) in [6.45, 7) is 0. The van der Waals surface area contributed by atoms with Crippen LogP contribution in [0.15, 0.2) is 341 Å². The molecular formula is C124H72N16. The molecule has 0 radical (unpaired) electrons. The van der Waals surface area contributed by atoms with Crippen molar-refractivity contribution < 1.29 is 0 Å². The number of pyridine rings is 12. The predicted molar refractivity (Wildman–Crippen MR) is 559 cm³/mol. The third-order valence-corrected chi connectivity index (χ3v) is 31.8. The molecule has 0 aliphatic heterocycles. The summed E-state index contributed by atoms with van der Waals surface area (Å²) in [6.07, 6.45) is 30.6. The molecule has 0 fully saturated rings. The molecule has 0 saturated carbocycles. The highest BCUT2D eigenvalue weighted by Crippen LogP contribution is 2.56. The number of aromatic nitrogens is 16. The molecule has 16 heteroatoms. The van der Waals surface area contributed by atoms with Crippen LogP contribution in [0.3, 0.4) is 0 Å². The summed E-state index contributed by atoms with van der Waals surface area (Å²) in [4.78, 5) is 56.2.